The van der Waals surface area contributed by atoms with Crippen LogP contribution in [-0.4, -0.2) is 19.7 Å². The van der Waals surface area contributed by atoms with Crippen molar-refractivity contribution < 1.29 is 14.3 Å². The van der Waals surface area contributed by atoms with Gasteiger partial charge in [-0.05, 0) is 23.6 Å². The number of rotatable bonds is 5. The summed E-state index contributed by atoms with van der Waals surface area (Å²) >= 11 is 1.67. The minimum absolute atomic E-state index is 0.355. The summed E-state index contributed by atoms with van der Waals surface area (Å²) in [6.07, 6.45) is 0.784. The summed E-state index contributed by atoms with van der Waals surface area (Å²) in [6.45, 7) is 0.471. The molecule has 0 aliphatic rings. The first kappa shape index (κ1) is 13.4. The van der Waals surface area contributed by atoms with Crippen LogP contribution in [0.25, 0.3) is 0 Å². The van der Waals surface area contributed by atoms with Gasteiger partial charge in [0.15, 0.2) is 5.75 Å². The molecule has 0 unspecified atom stereocenters. The number of carbonyl (C=O) groups is 1. The van der Waals surface area contributed by atoms with Crippen molar-refractivity contribution in [2.75, 3.05) is 19.5 Å². The van der Waals surface area contributed by atoms with Gasteiger partial charge in [0.1, 0.15) is 5.56 Å². The molecule has 2 rings (SSSR count). The lowest BCUT2D eigenvalue weighted by atomic mass is 10.1. The van der Waals surface area contributed by atoms with E-state index in [2.05, 4.69) is 0 Å². The fraction of sp³-hybridized carbons (Fsp3) is 0.214. The molecule has 0 spiro atoms. The molecule has 0 bridgehead atoms. The van der Waals surface area contributed by atoms with Crippen molar-refractivity contribution in [1.82, 2.24) is 0 Å². The average molecular weight is 277 g/mol. The summed E-state index contributed by atoms with van der Waals surface area (Å²) < 4.78 is 10.4. The zero-order valence-electron chi connectivity index (χ0n) is 10.6. The highest BCUT2D eigenvalue weighted by Gasteiger charge is 2.15. The summed E-state index contributed by atoms with van der Waals surface area (Å²) in [4.78, 5) is 12.9. The molecule has 0 atom stereocenters. The summed E-state index contributed by atoms with van der Waals surface area (Å²) in [6, 6.07) is 9.09. The van der Waals surface area contributed by atoms with Crippen LogP contribution in [0.4, 0.5) is 5.69 Å². The van der Waals surface area contributed by atoms with Crippen molar-refractivity contribution in [3.63, 3.8) is 0 Å². The van der Waals surface area contributed by atoms with Crippen LogP contribution in [0.3, 0.4) is 0 Å². The first-order chi connectivity index (χ1) is 9.22. The molecule has 0 aliphatic heterocycles. The van der Waals surface area contributed by atoms with Gasteiger partial charge in [0.2, 0.25) is 0 Å². The van der Waals surface area contributed by atoms with E-state index in [1.54, 1.807) is 29.5 Å². The number of benzene rings is 1. The van der Waals surface area contributed by atoms with Crippen molar-refractivity contribution in [1.29, 1.82) is 0 Å². The number of anilines is 1. The molecule has 0 radical (unpaired) electrons. The van der Waals surface area contributed by atoms with Crippen LogP contribution in [0, 0.1) is 0 Å². The van der Waals surface area contributed by atoms with E-state index in [0.29, 0.717) is 23.6 Å². The first-order valence-corrected chi connectivity index (χ1v) is 6.72. The van der Waals surface area contributed by atoms with Crippen LogP contribution in [0.5, 0.6) is 5.75 Å². The first-order valence-electron chi connectivity index (χ1n) is 5.84. The van der Waals surface area contributed by atoms with Gasteiger partial charge < -0.3 is 15.2 Å². The SMILES string of the molecule is COC(=O)c1cccc(N)c1OCCc1cccs1. The highest BCUT2D eigenvalue weighted by atomic mass is 32.1. The van der Waals surface area contributed by atoms with E-state index in [0.717, 1.165) is 6.42 Å². The van der Waals surface area contributed by atoms with Gasteiger partial charge in [-0.1, -0.05) is 12.1 Å². The maximum Gasteiger partial charge on any atom is 0.341 e. The number of carbonyl (C=O) groups excluding carboxylic acids is 1. The van der Waals surface area contributed by atoms with Gasteiger partial charge in [-0.3, -0.25) is 0 Å². The fourth-order valence-corrected chi connectivity index (χ4v) is 2.39. The second-order valence-electron chi connectivity index (χ2n) is 3.89. The molecule has 2 aromatic rings. The Labute approximate surface area is 115 Å². The van der Waals surface area contributed by atoms with Crippen molar-refractivity contribution in [3.05, 3.63) is 46.2 Å². The molecule has 0 fully saturated rings. The molecule has 19 heavy (non-hydrogen) atoms. The molecule has 4 nitrogen and oxygen atoms in total. The van der Waals surface area contributed by atoms with Crippen LogP contribution < -0.4 is 10.5 Å². The van der Waals surface area contributed by atoms with Crippen LogP contribution in [0.15, 0.2) is 35.7 Å². The second kappa shape index (κ2) is 6.24. The summed E-state index contributed by atoms with van der Waals surface area (Å²) in [7, 11) is 1.33. The van der Waals surface area contributed by atoms with Crippen LogP contribution in [-0.2, 0) is 11.2 Å². The quantitative estimate of drug-likeness (QED) is 0.674. The normalized spacial score (nSPS) is 10.2. The Kier molecular flexibility index (Phi) is 4.41. The van der Waals surface area contributed by atoms with Gasteiger partial charge in [-0.15, -0.1) is 11.3 Å². The number of hydrogen-bond acceptors (Lipinski definition) is 5. The number of methoxy groups -OCH3 is 1. The van der Waals surface area contributed by atoms with E-state index in [1.165, 1.54) is 12.0 Å². The van der Waals surface area contributed by atoms with Crippen LogP contribution >= 0.6 is 11.3 Å². The summed E-state index contributed by atoms with van der Waals surface area (Å²) in [5, 5.41) is 2.02. The number of ether oxygens (including phenoxy) is 2. The number of hydrogen-bond donors (Lipinski definition) is 1. The third-order valence-electron chi connectivity index (χ3n) is 2.63. The van der Waals surface area contributed by atoms with Gasteiger partial charge >= 0.3 is 5.97 Å². The van der Waals surface area contributed by atoms with Crippen molar-refractivity contribution >= 4 is 23.0 Å². The molecule has 100 valence electrons. The maximum atomic E-state index is 11.6. The Bertz CT molecular complexity index is 552. The molecule has 0 amide bonds. The van der Waals surface area contributed by atoms with Crippen molar-refractivity contribution in [2.45, 2.75) is 6.42 Å². The fourth-order valence-electron chi connectivity index (χ4n) is 1.70. The van der Waals surface area contributed by atoms with Crippen LogP contribution in [0.2, 0.25) is 0 Å². The largest absolute Gasteiger partial charge is 0.490 e. The standard InChI is InChI=1S/C14H15NO3S/c1-17-14(16)11-5-2-6-12(15)13(11)18-8-7-10-4-3-9-19-10/h2-6,9H,7-8,15H2,1H3. The molecule has 2 N–H and O–H groups in total. The third kappa shape index (κ3) is 3.26. The topological polar surface area (TPSA) is 61.5 Å². The maximum absolute atomic E-state index is 11.6. The molecular formula is C14H15NO3S. The zero-order chi connectivity index (χ0) is 13.7. The lowest BCUT2D eigenvalue weighted by Crippen LogP contribution is -2.09. The van der Waals surface area contributed by atoms with Crippen molar-refractivity contribution in [2.24, 2.45) is 0 Å². The number of thiophene rings is 1. The second-order valence-corrected chi connectivity index (χ2v) is 4.93. The van der Waals surface area contributed by atoms with Gasteiger partial charge in [-0.2, -0.15) is 0 Å². The Morgan fingerprint density at radius 3 is 2.84 bits per heavy atom. The Morgan fingerprint density at radius 2 is 2.16 bits per heavy atom. The van der Waals surface area contributed by atoms with E-state index >= 15 is 0 Å². The molecule has 5 heteroatoms. The van der Waals surface area contributed by atoms with Gasteiger partial charge in [0, 0.05) is 11.3 Å². The minimum Gasteiger partial charge on any atom is -0.490 e. The summed E-state index contributed by atoms with van der Waals surface area (Å²) in [5.74, 6) is -0.0515. The van der Waals surface area contributed by atoms with E-state index < -0.39 is 5.97 Å². The molecule has 0 saturated heterocycles. The molecule has 0 aliphatic carbocycles. The van der Waals surface area contributed by atoms with Crippen LogP contribution in [0.1, 0.15) is 15.2 Å². The average Bonchev–Trinajstić information content (AvgIpc) is 2.93. The van der Waals surface area contributed by atoms with Gasteiger partial charge in [-0.25, -0.2) is 4.79 Å². The van der Waals surface area contributed by atoms with E-state index in [1.807, 2.05) is 17.5 Å². The number of esters is 1. The Morgan fingerprint density at radius 1 is 1.32 bits per heavy atom. The van der Waals surface area contributed by atoms with Gasteiger partial charge in [0.05, 0.1) is 19.4 Å². The van der Waals surface area contributed by atoms with E-state index in [-0.39, 0.29) is 0 Å². The summed E-state index contributed by atoms with van der Waals surface area (Å²) in [5.41, 5.74) is 6.64. The number of nitrogen functional groups attached to an aromatic ring is 1. The van der Waals surface area contributed by atoms with E-state index in [4.69, 9.17) is 15.2 Å². The van der Waals surface area contributed by atoms with Gasteiger partial charge in [0.25, 0.3) is 0 Å². The Balaban J connectivity index is 2.08. The zero-order valence-corrected chi connectivity index (χ0v) is 11.4. The monoisotopic (exact) mass is 277 g/mol. The number of para-hydroxylation sites is 1. The van der Waals surface area contributed by atoms with E-state index in [9.17, 15) is 4.79 Å². The molecule has 1 aromatic carbocycles. The lowest BCUT2D eigenvalue weighted by Gasteiger charge is -2.12. The molecule has 0 saturated carbocycles. The predicted molar refractivity (Wildman–Crippen MR) is 75.7 cm³/mol. The highest BCUT2D eigenvalue weighted by molar-refractivity contribution is 7.09. The smallest absolute Gasteiger partial charge is 0.341 e. The number of nitrogens with two attached hydrogens (primary N) is 1. The minimum atomic E-state index is -0.446. The lowest BCUT2D eigenvalue weighted by molar-refractivity contribution is 0.0596. The predicted octanol–water partition coefficient (Wildman–Crippen LogP) is 2.74. The Hall–Kier alpha value is -2.01. The molecule has 1 heterocycles. The van der Waals surface area contributed by atoms with Crippen molar-refractivity contribution in [3.8, 4) is 5.75 Å². The molecular weight excluding hydrogens is 262 g/mol. The highest BCUT2D eigenvalue weighted by Crippen LogP contribution is 2.27. The molecule has 1 aromatic heterocycles. The third-order valence-corrected chi connectivity index (χ3v) is 3.56.